The van der Waals surface area contributed by atoms with Crippen molar-refractivity contribution in [1.29, 1.82) is 0 Å². The molecule has 1 aromatic rings. The first-order valence-electron chi connectivity index (χ1n) is 12.4. The van der Waals surface area contributed by atoms with Crippen LogP contribution in [0, 0.1) is 35.0 Å². The highest BCUT2D eigenvalue weighted by Gasteiger charge is 2.53. The molecule has 2 heterocycles. The normalized spacial score (nSPS) is 33.3. The Labute approximate surface area is 186 Å². The molecule has 0 spiro atoms. The van der Waals surface area contributed by atoms with E-state index in [1.807, 2.05) is 11.8 Å². The minimum absolute atomic E-state index is 0.0245. The van der Waals surface area contributed by atoms with Crippen molar-refractivity contribution < 1.29 is 9.90 Å². The molecule has 0 radical (unpaired) electrons. The molecule has 4 fully saturated rings. The van der Waals surface area contributed by atoms with Gasteiger partial charge in [-0.15, -0.1) is 0 Å². The summed E-state index contributed by atoms with van der Waals surface area (Å²) >= 11 is 0. The molecule has 4 bridgehead atoms. The first-order chi connectivity index (χ1) is 14.8. The highest BCUT2D eigenvalue weighted by Crippen LogP contribution is 2.61. The van der Waals surface area contributed by atoms with Crippen molar-refractivity contribution in [2.75, 3.05) is 18.4 Å². The fraction of sp³-hybridized carbons (Fsp3) is 0.800. The van der Waals surface area contributed by atoms with E-state index in [4.69, 9.17) is 0 Å². The summed E-state index contributed by atoms with van der Waals surface area (Å²) in [5.74, 6) is 3.93. The van der Waals surface area contributed by atoms with Gasteiger partial charge in [-0.25, -0.2) is 9.97 Å². The van der Waals surface area contributed by atoms with Crippen molar-refractivity contribution >= 4 is 11.7 Å². The van der Waals surface area contributed by atoms with E-state index in [0.29, 0.717) is 25.6 Å². The number of hydrogen-bond acceptors (Lipinski definition) is 5. The fourth-order valence-corrected chi connectivity index (χ4v) is 7.26. The van der Waals surface area contributed by atoms with E-state index < -0.39 is 0 Å². The molecule has 31 heavy (non-hydrogen) atoms. The van der Waals surface area contributed by atoms with Gasteiger partial charge in [-0.3, -0.25) is 4.79 Å². The Morgan fingerprint density at radius 1 is 1.16 bits per heavy atom. The Morgan fingerprint density at radius 2 is 1.81 bits per heavy atom. The van der Waals surface area contributed by atoms with Gasteiger partial charge >= 0.3 is 0 Å². The van der Waals surface area contributed by atoms with Crippen molar-refractivity contribution in [3.8, 4) is 0 Å². The summed E-state index contributed by atoms with van der Waals surface area (Å²) in [5, 5.41) is 14.7. The Morgan fingerprint density at radius 3 is 2.42 bits per heavy atom. The molecule has 0 aromatic carbocycles. The van der Waals surface area contributed by atoms with Crippen LogP contribution in [0.5, 0.6) is 0 Å². The molecule has 4 saturated carbocycles. The average Bonchev–Trinajstić information content (AvgIpc) is 2.74. The number of rotatable bonds is 6. The number of amides is 1. The minimum atomic E-state index is -0.319. The van der Waals surface area contributed by atoms with Crippen molar-refractivity contribution in [2.24, 2.45) is 35.0 Å². The van der Waals surface area contributed by atoms with Gasteiger partial charge in [0.05, 0.1) is 18.3 Å². The fourth-order valence-electron chi connectivity index (χ4n) is 7.26. The number of nitrogens with one attached hydrogen (secondary N) is 1. The monoisotopic (exact) mass is 426 g/mol. The third kappa shape index (κ3) is 3.85. The average molecular weight is 427 g/mol. The molecule has 1 aliphatic heterocycles. The second kappa shape index (κ2) is 8.02. The predicted octanol–water partition coefficient (Wildman–Crippen LogP) is 3.64. The molecule has 2 atom stereocenters. The van der Waals surface area contributed by atoms with Gasteiger partial charge in [-0.1, -0.05) is 20.8 Å². The van der Waals surface area contributed by atoms with Crippen LogP contribution in [0.1, 0.15) is 70.6 Å². The zero-order valence-electron chi connectivity index (χ0n) is 19.3. The van der Waals surface area contributed by atoms with Gasteiger partial charge in [-0.2, -0.15) is 0 Å². The topological polar surface area (TPSA) is 78.4 Å². The van der Waals surface area contributed by atoms with Crippen LogP contribution in [0.2, 0.25) is 0 Å². The molecule has 1 amide bonds. The number of aliphatic hydroxyl groups excluding tert-OH is 1. The van der Waals surface area contributed by atoms with E-state index in [1.165, 1.54) is 38.5 Å². The first kappa shape index (κ1) is 21.2. The zero-order valence-corrected chi connectivity index (χ0v) is 19.3. The highest BCUT2D eigenvalue weighted by molar-refractivity contribution is 5.79. The third-order valence-corrected chi connectivity index (χ3v) is 8.96. The summed E-state index contributed by atoms with van der Waals surface area (Å²) in [6.07, 6.45) is 9.83. The number of aliphatic hydroxyl groups is 1. The number of aromatic nitrogens is 2. The predicted molar refractivity (Wildman–Crippen MR) is 120 cm³/mol. The van der Waals surface area contributed by atoms with E-state index in [2.05, 4.69) is 29.1 Å². The summed E-state index contributed by atoms with van der Waals surface area (Å²) in [5.41, 5.74) is 2.17. The molecule has 6 heteroatoms. The van der Waals surface area contributed by atoms with Crippen LogP contribution >= 0.6 is 0 Å². The van der Waals surface area contributed by atoms with Crippen LogP contribution < -0.4 is 5.32 Å². The van der Waals surface area contributed by atoms with E-state index in [-0.39, 0.29) is 23.3 Å². The van der Waals surface area contributed by atoms with E-state index >= 15 is 0 Å². The standard InChI is InChI=1S/C25H38N4O2/c1-15(2)16(3)24(31)29-5-4-20-21(13-29)27-14-28-23(20)26-12-22(30)25-9-17-6-18(10-25)8-19(7-17)11-25/h14-19,22,30H,4-13H2,1-3H3,(H,26,27,28). The van der Waals surface area contributed by atoms with Crippen LogP contribution in [0.25, 0.3) is 0 Å². The molecule has 6 rings (SSSR count). The lowest BCUT2D eigenvalue weighted by molar-refractivity contribution is -0.137. The molecule has 2 N–H and O–H groups in total. The van der Waals surface area contributed by atoms with Gasteiger partial charge in [-0.05, 0) is 74.0 Å². The maximum absolute atomic E-state index is 12.8. The lowest BCUT2D eigenvalue weighted by atomic mass is 9.48. The number of hydrogen-bond donors (Lipinski definition) is 2. The molecular formula is C25H38N4O2. The van der Waals surface area contributed by atoms with E-state index in [9.17, 15) is 9.90 Å². The van der Waals surface area contributed by atoms with Crippen molar-refractivity contribution in [3.05, 3.63) is 17.6 Å². The second-order valence-corrected chi connectivity index (χ2v) is 11.4. The Hall–Kier alpha value is -1.69. The van der Waals surface area contributed by atoms with Crippen LogP contribution in [-0.4, -0.2) is 45.1 Å². The summed E-state index contributed by atoms with van der Waals surface area (Å²) in [6, 6.07) is 0. The smallest absolute Gasteiger partial charge is 0.226 e. The SMILES string of the molecule is CC(C)C(C)C(=O)N1CCc2c(ncnc2NCC(O)C23CC4CC(CC(C4)C2)C3)C1. The van der Waals surface area contributed by atoms with E-state index in [1.54, 1.807) is 6.33 Å². The van der Waals surface area contributed by atoms with Gasteiger partial charge in [0.25, 0.3) is 0 Å². The number of nitrogens with zero attached hydrogens (tertiary/aromatic N) is 3. The molecule has 1 aromatic heterocycles. The summed E-state index contributed by atoms with van der Waals surface area (Å²) in [4.78, 5) is 23.7. The lowest BCUT2D eigenvalue weighted by Gasteiger charge is -2.58. The molecule has 6 nitrogen and oxygen atoms in total. The van der Waals surface area contributed by atoms with Crippen LogP contribution in [0.15, 0.2) is 6.33 Å². The van der Waals surface area contributed by atoms with Crippen molar-refractivity contribution in [1.82, 2.24) is 14.9 Å². The Kier molecular flexibility index (Phi) is 5.48. The summed E-state index contributed by atoms with van der Waals surface area (Å²) in [6.45, 7) is 8.03. The van der Waals surface area contributed by atoms with E-state index in [0.717, 1.165) is 41.2 Å². The molecule has 170 valence electrons. The summed E-state index contributed by atoms with van der Waals surface area (Å²) in [7, 11) is 0. The second-order valence-electron chi connectivity index (χ2n) is 11.4. The van der Waals surface area contributed by atoms with Crippen LogP contribution in [0.4, 0.5) is 5.82 Å². The van der Waals surface area contributed by atoms with Gasteiger partial charge in [0.15, 0.2) is 0 Å². The number of carbonyl (C=O) groups excluding carboxylic acids is 1. The zero-order chi connectivity index (χ0) is 21.8. The van der Waals surface area contributed by atoms with Gasteiger partial charge in [0.2, 0.25) is 5.91 Å². The Balaban J connectivity index is 1.25. The number of anilines is 1. The molecule has 5 aliphatic rings. The molecule has 4 aliphatic carbocycles. The van der Waals surface area contributed by atoms with Crippen molar-refractivity contribution in [3.63, 3.8) is 0 Å². The number of fused-ring (bicyclic) bond motifs is 1. The molecular weight excluding hydrogens is 388 g/mol. The number of carbonyl (C=O) groups is 1. The quantitative estimate of drug-likeness (QED) is 0.726. The maximum Gasteiger partial charge on any atom is 0.226 e. The first-order valence-corrected chi connectivity index (χ1v) is 12.4. The van der Waals surface area contributed by atoms with Gasteiger partial charge in [0.1, 0.15) is 12.1 Å². The maximum atomic E-state index is 12.8. The van der Waals surface area contributed by atoms with Crippen molar-refractivity contribution in [2.45, 2.75) is 78.4 Å². The molecule has 0 saturated heterocycles. The highest BCUT2D eigenvalue weighted by atomic mass is 16.3. The van der Waals surface area contributed by atoms with Crippen LogP contribution in [0.3, 0.4) is 0 Å². The largest absolute Gasteiger partial charge is 0.391 e. The summed E-state index contributed by atoms with van der Waals surface area (Å²) < 4.78 is 0. The third-order valence-electron chi connectivity index (χ3n) is 8.96. The molecule has 2 unspecified atom stereocenters. The minimum Gasteiger partial charge on any atom is -0.391 e. The van der Waals surface area contributed by atoms with Gasteiger partial charge < -0.3 is 15.3 Å². The lowest BCUT2D eigenvalue weighted by Crippen LogP contribution is -2.53. The van der Waals surface area contributed by atoms with Crippen LogP contribution in [-0.2, 0) is 17.8 Å². The van der Waals surface area contributed by atoms with Gasteiger partial charge in [0, 0.05) is 24.6 Å². The Bertz CT molecular complexity index is 804.